The molecule has 0 aromatic heterocycles. The van der Waals surface area contributed by atoms with Gasteiger partial charge < -0.3 is 20.1 Å². The molecule has 12 heteroatoms. The Labute approximate surface area is 188 Å². The van der Waals surface area contributed by atoms with Crippen molar-refractivity contribution in [2.45, 2.75) is 26.3 Å². The van der Waals surface area contributed by atoms with E-state index in [1.165, 1.54) is 0 Å². The van der Waals surface area contributed by atoms with Crippen LogP contribution < -0.4 is 0 Å². The Morgan fingerprint density at radius 2 is 1.34 bits per heavy atom. The van der Waals surface area contributed by atoms with Gasteiger partial charge in [-0.1, -0.05) is 13.8 Å². The molecule has 3 N–H and O–H groups in total. The number of nitrogens with zero attached hydrogens (tertiary/aromatic N) is 4. The highest BCUT2D eigenvalue weighted by molar-refractivity contribution is 5.69. The van der Waals surface area contributed by atoms with Crippen LogP contribution in [0.25, 0.3) is 0 Å². The van der Waals surface area contributed by atoms with Crippen LogP contribution in [0, 0.1) is 5.92 Å². The van der Waals surface area contributed by atoms with Crippen molar-refractivity contribution in [3.8, 4) is 0 Å². The van der Waals surface area contributed by atoms with Crippen LogP contribution >= 0.6 is 0 Å². The van der Waals surface area contributed by atoms with Gasteiger partial charge in [-0.05, 0) is 12.3 Å². The first-order valence-electron chi connectivity index (χ1n) is 10.7. The normalized spacial score (nSPS) is 21.3. The summed E-state index contributed by atoms with van der Waals surface area (Å²) in [4.78, 5) is 52.0. The van der Waals surface area contributed by atoms with Gasteiger partial charge in [0, 0.05) is 51.9 Å². The third-order valence-corrected chi connectivity index (χ3v) is 5.45. The lowest BCUT2D eigenvalue weighted by molar-refractivity contribution is -0.140. The minimum absolute atomic E-state index is 0.0136. The zero-order valence-corrected chi connectivity index (χ0v) is 18.9. The monoisotopic (exact) mass is 460 g/mol. The summed E-state index contributed by atoms with van der Waals surface area (Å²) in [5.41, 5.74) is 0. The second-order valence-corrected chi connectivity index (χ2v) is 8.34. The molecule has 1 saturated heterocycles. The van der Waals surface area contributed by atoms with Gasteiger partial charge in [-0.15, -0.1) is 0 Å². The van der Waals surface area contributed by atoms with E-state index in [0.29, 0.717) is 58.7 Å². The Hall–Kier alpha value is -2.28. The molecule has 0 bridgehead atoms. The predicted octanol–water partition coefficient (Wildman–Crippen LogP) is -0.993. The van der Waals surface area contributed by atoms with Crippen molar-refractivity contribution in [2.24, 2.45) is 5.92 Å². The van der Waals surface area contributed by atoms with Crippen LogP contribution in [-0.2, 0) is 23.9 Å². The predicted molar refractivity (Wildman–Crippen MR) is 114 cm³/mol. The number of hydrogen-bond acceptors (Lipinski definition) is 9. The zero-order chi connectivity index (χ0) is 24.1. The maximum Gasteiger partial charge on any atom is 0.317 e. The van der Waals surface area contributed by atoms with Crippen LogP contribution in [-0.4, -0.2) is 138 Å². The Morgan fingerprint density at radius 1 is 0.844 bits per heavy atom. The summed E-state index contributed by atoms with van der Waals surface area (Å²) < 4.78 is 4.95. The van der Waals surface area contributed by atoms with Crippen molar-refractivity contribution >= 4 is 24.4 Å². The SMILES string of the molecule is CC(C)C1CN(COC=O)CCN(CC(=O)O)CCN(CC(=O)O)CCCN1CC(=O)O. The first-order valence-corrected chi connectivity index (χ1v) is 10.7. The fourth-order valence-electron chi connectivity index (χ4n) is 3.88. The van der Waals surface area contributed by atoms with Crippen molar-refractivity contribution in [1.82, 2.24) is 19.6 Å². The highest BCUT2D eigenvalue weighted by atomic mass is 16.5. The van der Waals surface area contributed by atoms with E-state index in [4.69, 9.17) is 4.74 Å². The number of carbonyl (C=O) groups is 4. The zero-order valence-electron chi connectivity index (χ0n) is 18.9. The number of ether oxygens (including phenoxy) is 1. The number of carbonyl (C=O) groups excluding carboxylic acids is 1. The summed E-state index contributed by atoms with van der Waals surface area (Å²) in [7, 11) is 0. The van der Waals surface area contributed by atoms with E-state index < -0.39 is 17.9 Å². The van der Waals surface area contributed by atoms with Gasteiger partial charge in [0.1, 0.15) is 6.73 Å². The first kappa shape index (κ1) is 27.8. The summed E-state index contributed by atoms with van der Waals surface area (Å²) in [6, 6.07) is -0.150. The molecule has 0 spiro atoms. The molecular weight excluding hydrogens is 424 g/mol. The molecule has 1 aliphatic heterocycles. The summed E-state index contributed by atoms with van der Waals surface area (Å²) in [6.07, 6.45) is 0.563. The molecule has 0 saturated carbocycles. The molecule has 0 aromatic rings. The smallest absolute Gasteiger partial charge is 0.317 e. The van der Waals surface area contributed by atoms with E-state index in [2.05, 4.69) is 0 Å². The molecule has 1 unspecified atom stereocenters. The van der Waals surface area contributed by atoms with E-state index in [1.54, 1.807) is 9.80 Å². The fourth-order valence-corrected chi connectivity index (χ4v) is 3.88. The van der Waals surface area contributed by atoms with E-state index in [9.17, 15) is 34.5 Å². The third-order valence-electron chi connectivity index (χ3n) is 5.45. The molecule has 0 aromatic carbocycles. The highest BCUT2D eigenvalue weighted by Gasteiger charge is 2.27. The third kappa shape index (κ3) is 11.4. The molecule has 0 radical (unpaired) electrons. The molecule has 1 atom stereocenters. The number of carboxylic acids is 3. The van der Waals surface area contributed by atoms with Crippen molar-refractivity contribution in [1.29, 1.82) is 0 Å². The highest BCUT2D eigenvalue weighted by Crippen LogP contribution is 2.15. The Morgan fingerprint density at radius 3 is 1.81 bits per heavy atom. The van der Waals surface area contributed by atoms with Gasteiger partial charge >= 0.3 is 17.9 Å². The van der Waals surface area contributed by atoms with Gasteiger partial charge in [-0.3, -0.25) is 38.8 Å². The van der Waals surface area contributed by atoms with Gasteiger partial charge in [0.2, 0.25) is 0 Å². The van der Waals surface area contributed by atoms with Gasteiger partial charge in [-0.25, -0.2) is 0 Å². The molecule has 1 fully saturated rings. The number of aliphatic carboxylic acids is 3. The molecule has 0 amide bonds. The van der Waals surface area contributed by atoms with Gasteiger partial charge in [0.05, 0.1) is 19.6 Å². The summed E-state index contributed by atoms with van der Waals surface area (Å²) in [6.45, 7) is 6.70. The van der Waals surface area contributed by atoms with E-state index >= 15 is 0 Å². The molecule has 32 heavy (non-hydrogen) atoms. The van der Waals surface area contributed by atoms with Crippen LogP contribution in [0.1, 0.15) is 20.3 Å². The largest absolute Gasteiger partial charge is 0.480 e. The van der Waals surface area contributed by atoms with Crippen LogP contribution in [0.3, 0.4) is 0 Å². The minimum atomic E-state index is -0.984. The Kier molecular flexibility index (Phi) is 12.8. The molecule has 184 valence electrons. The van der Waals surface area contributed by atoms with Crippen LogP contribution in [0.15, 0.2) is 0 Å². The van der Waals surface area contributed by atoms with Gasteiger partial charge in [0.25, 0.3) is 6.47 Å². The van der Waals surface area contributed by atoms with Gasteiger partial charge in [-0.2, -0.15) is 0 Å². The van der Waals surface area contributed by atoms with E-state index in [-0.39, 0.29) is 38.3 Å². The molecular formula is C20H36N4O8. The van der Waals surface area contributed by atoms with Crippen molar-refractivity contribution in [3.05, 3.63) is 0 Å². The standard InChI is InChI=1S/C20H36N4O8/c1-16(2)17-10-23(14-32-15-25)9-8-22(12-19(28)29)7-6-21(11-18(26)27)4-3-5-24(17)13-20(30)31/h15-17H,3-14H2,1-2H3,(H,26,27)(H,28,29)(H,30,31). The fraction of sp³-hybridized carbons (Fsp3) is 0.800. The lowest BCUT2D eigenvalue weighted by Gasteiger charge is -2.37. The first-order chi connectivity index (χ1) is 15.1. The second-order valence-electron chi connectivity index (χ2n) is 8.34. The van der Waals surface area contributed by atoms with Crippen LogP contribution in [0.2, 0.25) is 0 Å². The number of carboxylic acid groups (broad SMARTS) is 3. The number of rotatable bonds is 10. The quantitative estimate of drug-likeness (QED) is 0.343. The second kappa shape index (κ2) is 14.7. The van der Waals surface area contributed by atoms with Crippen LogP contribution in [0.5, 0.6) is 0 Å². The molecule has 1 aliphatic rings. The Bertz CT molecular complexity index is 618. The maximum absolute atomic E-state index is 11.5. The summed E-state index contributed by atoms with van der Waals surface area (Å²) >= 11 is 0. The average molecular weight is 461 g/mol. The topological polar surface area (TPSA) is 151 Å². The minimum Gasteiger partial charge on any atom is -0.480 e. The van der Waals surface area contributed by atoms with Crippen LogP contribution in [0.4, 0.5) is 0 Å². The lowest BCUT2D eigenvalue weighted by atomic mass is 10.0. The molecule has 12 nitrogen and oxygen atoms in total. The molecule has 0 aliphatic carbocycles. The molecule has 1 heterocycles. The maximum atomic E-state index is 11.5. The number of hydrogen-bond donors (Lipinski definition) is 3. The lowest BCUT2D eigenvalue weighted by Crippen LogP contribution is -2.51. The summed E-state index contributed by atoms with van der Waals surface area (Å²) in [5.74, 6) is -2.81. The van der Waals surface area contributed by atoms with Crippen molar-refractivity contribution in [3.63, 3.8) is 0 Å². The molecule has 1 rings (SSSR count). The summed E-state index contributed by atoms with van der Waals surface area (Å²) in [5, 5.41) is 27.9. The average Bonchev–Trinajstić information content (AvgIpc) is 2.69. The van der Waals surface area contributed by atoms with E-state index in [0.717, 1.165) is 0 Å². The van der Waals surface area contributed by atoms with Crippen molar-refractivity contribution < 1.29 is 39.2 Å². The van der Waals surface area contributed by atoms with E-state index in [1.807, 2.05) is 23.6 Å². The Balaban J connectivity index is 3.15. The van der Waals surface area contributed by atoms with Crippen molar-refractivity contribution in [2.75, 3.05) is 72.2 Å². The van der Waals surface area contributed by atoms with Gasteiger partial charge in [0.15, 0.2) is 0 Å².